The highest BCUT2D eigenvalue weighted by Crippen LogP contribution is 2.57. The normalized spacial score (nSPS) is 12.9. The molecular weight excluding hydrogens is 897 g/mol. The zero-order chi connectivity index (χ0) is 46.6. The molecule has 11 aromatic carbocycles. The summed E-state index contributed by atoms with van der Waals surface area (Å²) in [4.78, 5) is 2.48. The van der Waals surface area contributed by atoms with Crippen molar-refractivity contribution in [3.8, 4) is 27.9 Å². The minimum absolute atomic E-state index is 0.490. The van der Waals surface area contributed by atoms with E-state index in [-0.39, 0.29) is 0 Å². The lowest BCUT2D eigenvalue weighted by atomic mass is 9.67. The Labute approximate surface area is 419 Å². The third-order valence-corrected chi connectivity index (χ3v) is 17.4. The molecule has 0 fully saturated rings. The minimum Gasteiger partial charge on any atom is -0.309 e. The topological polar surface area (TPSA) is 8.17 Å². The summed E-state index contributed by atoms with van der Waals surface area (Å²) in [5.74, 6) is 0. The summed E-state index contributed by atoms with van der Waals surface area (Å²) in [5, 5.41) is 7.62. The van der Waals surface area contributed by atoms with Crippen LogP contribution >= 0.6 is 22.7 Å². The summed E-state index contributed by atoms with van der Waals surface area (Å²) in [6.45, 7) is 0. The molecule has 0 saturated heterocycles. The first-order chi connectivity index (χ1) is 35.2. The quantitative estimate of drug-likeness (QED) is 0.155. The van der Waals surface area contributed by atoms with Gasteiger partial charge in [-0.05, 0) is 123 Å². The van der Waals surface area contributed by atoms with Crippen LogP contribution in [0.4, 0.5) is 17.1 Å². The van der Waals surface area contributed by atoms with Crippen LogP contribution < -0.4 is 4.90 Å². The fourth-order valence-electron chi connectivity index (χ4n) is 12.0. The van der Waals surface area contributed by atoms with Gasteiger partial charge in [0.1, 0.15) is 0 Å². The predicted octanol–water partition coefficient (Wildman–Crippen LogP) is 19.0. The van der Waals surface area contributed by atoms with Gasteiger partial charge in [-0.15, -0.1) is 22.7 Å². The summed E-state index contributed by atoms with van der Waals surface area (Å²) in [7, 11) is 0. The molecule has 0 N–H and O–H groups in total. The molecule has 4 heteroatoms. The van der Waals surface area contributed by atoms with Crippen molar-refractivity contribution in [2.45, 2.75) is 5.41 Å². The predicted molar refractivity (Wildman–Crippen MR) is 304 cm³/mol. The maximum absolute atomic E-state index is 2.49. The first-order valence-electron chi connectivity index (χ1n) is 24.3. The van der Waals surface area contributed by atoms with E-state index >= 15 is 0 Å². The van der Waals surface area contributed by atoms with Gasteiger partial charge in [-0.3, -0.25) is 0 Å². The van der Waals surface area contributed by atoms with Crippen LogP contribution in [0.25, 0.3) is 90.1 Å². The molecule has 332 valence electrons. The van der Waals surface area contributed by atoms with E-state index in [1.807, 2.05) is 22.7 Å². The van der Waals surface area contributed by atoms with Crippen LogP contribution in [-0.2, 0) is 5.41 Å². The van der Waals surface area contributed by atoms with E-state index in [0.717, 1.165) is 17.1 Å². The second-order valence-electron chi connectivity index (χ2n) is 18.8. The molecule has 1 aliphatic rings. The molecule has 2 nitrogen and oxygen atoms in total. The SMILES string of the molecule is c1ccc(N(c2ccc3c(c2)sc2ccccc23)c2cc(-c3ccc4c(c3)c3ccccc3n4-c3ccc4c(c3)C(c3ccccc3)(c3ccccc3)c3ccccc3-4)cc3c2sc2ccccc23)cc1. The van der Waals surface area contributed by atoms with Gasteiger partial charge in [0.05, 0.1) is 26.8 Å². The van der Waals surface area contributed by atoms with Gasteiger partial charge in [0.2, 0.25) is 0 Å². The van der Waals surface area contributed by atoms with Crippen molar-refractivity contribution in [2.24, 2.45) is 0 Å². The van der Waals surface area contributed by atoms with Crippen molar-refractivity contribution in [3.05, 3.63) is 277 Å². The molecule has 0 spiro atoms. The number of fused-ring (bicyclic) bond motifs is 12. The third kappa shape index (κ3) is 5.99. The molecule has 3 aromatic heterocycles. The number of nitrogens with zero attached hydrogens (tertiary/aromatic N) is 2. The largest absolute Gasteiger partial charge is 0.309 e. The number of hydrogen-bond acceptors (Lipinski definition) is 3. The first kappa shape index (κ1) is 40.4. The lowest BCUT2D eigenvalue weighted by molar-refractivity contribution is 0.767. The van der Waals surface area contributed by atoms with Crippen LogP contribution in [0.2, 0.25) is 0 Å². The minimum atomic E-state index is -0.490. The molecule has 3 heterocycles. The standard InChI is InChI=1S/C67H42N2S2/c1-4-18-45(19-5-1)67(46-20-6-2-7-21-46)58-28-14-10-24-50(58)51-35-33-48(41-59(51)67)69-60-29-15-11-25-52(60)56-38-43(32-37-61(56)69)44-39-57-54-27-13-17-31-64(54)71-66(57)62(40-44)68(47-22-8-3-9-23-47)49-34-36-55-53-26-12-16-30-63(53)70-65(55)42-49/h1-42H. The highest BCUT2D eigenvalue weighted by atomic mass is 32.1. The van der Waals surface area contributed by atoms with Crippen molar-refractivity contribution < 1.29 is 0 Å². The average molecular weight is 939 g/mol. The van der Waals surface area contributed by atoms with Crippen LogP contribution in [-0.4, -0.2) is 4.57 Å². The van der Waals surface area contributed by atoms with Crippen molar-refractivity contribution in [2.75, 3.05) is 4.90 Å². The number of hydrogen-bond donors (Lipinski definition) is 0. The molecule has 0 bridgehead atoms. The van der Waals surface area contributed by atoms with Crippen molar-refractivity contribution >= 4 is 102 Å². The summed E-state index contributed by atoms with van der Waals surface area (Å²) in [6, 6.07) is 94.9. The van der Waals surface area contributed by atoms with Gasteiger partial charge in [-0.2, -0.15) is 0 Å². The molecule has 15 rings (SSSR count). The summed E-state index contributed by atoms with van der Waals surface area (Å²) in [6.07, 6.45) is 0. The number of rotatable bonds is 7. The molecule has 1 aliphatic carbocycles. The summed E-state index contributed by atoms with van der Waals surface area (Å²) in [5.41, 5.74) is 16.6. The number of anilines is 3. The fourth-order valence-corrected chi connectivity index (χ4v) is 14.3. The Bertz CT molecular complexity index is 4370. The maximum Gasteiger partial charge on any atom is 0.0714 e. The van der Waals surface area contributed by atoms with Crippen LogP contribution in [0.3, 0.4) is 0 Å². The summed E-state index contributed by atoms with van der Waals surface area (Å²) >= 11 is 3.75. The van der Waals surface area contributed by atoms with Gasteiger partial charge in [0.25, 0.3) is 0 Å². The first-order valence-corrected chi connectivity index (χ1v) is 26.0. The Morgan fingerprint density at radius 1 is 0.338 bits per heavy atom. The van der Waals surface area contributed by atoms with E-state index in [4.69, 9.17) is 0 Å². The molecule has 0 aliphatic heterocycles. The lowest BCUT2D eigenvalue weighted by Gasteiger charge is -2.34. The molecule has 0 saturated carbocycles. The second-order valence-corrected chi connectivity index (χ2v) is 20.9. The fraction of sp³-hybridized carbons (Fsp3) is 0.0149. The van der Waals surface area contributed by atoms with Crippen LogP contribution in [0.1, 0.15) is 22.3 Å². The number of thiophene rings is 2. The molecule has 0 unspecified atom stereocenters. The molecule has 14 aromatic rings. The Morgan fingerprint density at radius 3 is 1.70 bits per heavy atom. The van der Waals surface area contributed by atoms with E-state index in [1.54, 1.807) is 0 Å². The Balaban J connectivity index is 0.942. The number of aromatic nitrogens is 1. The number of benzene rings is 11. The molecular formula is C67H42N2S2. The Kier molecular flexibility index (Phi) is 8.95. The van der Waals surface area contributed by atoms with E-state index in [1.165, 1.54) is 112 Å². The van der Waals surface area contributed by atoms with Crippen LogP contribution in [0, 0.1) is 0 Å². The van der Waals surface area contributed by atoms with Gasteiger partial charge in [-0.25, -0.2) is 0 Å². The second kappa shape index (κ2) is 15.7. The van der Waals surface area contributed by atoms with E-state index < -0.39 is 5.41 Å². The summed E-state index contributed by atoms with van der Waals surface area (Å²) < 4.78 is 7.64. The van der Waals surface area contributed by atoms with Gasteiger partial charge in [0.15, 0.2) is 0 Å². The van der Waals surface area contributed by atoms with Gasteiger partial charge in [0, 0.05) is 63.5 Å². The molecule has 0 radical (unpaired) electrons. The highest BCUT2D eigenvalue weighted by Gasteiger charge is 2.46. The molecule has 71 heavy (non-hydrogen) atoms. The Morgan fingerprint density at radius 2 is 0.930 bits per heavy atom. The van der Waals surface area contributed by atoms with Crippen molar-refractivity contribution in [1.82, 2.24) is 4.57 Å². The lowest BCUT2D eigenvalue weighted by Crippen LogP contribution is -2.28. The smallest absolute Gasteiger partial charge is 0.0714 e. The van der Waals surface area contributed by atoms with Crippen molar-refractivity contribution in [3.63, 3.8) is 0 Å². The van der Waals surface area contributed by atoms with E-state index in [2.05, 4.69) is 264 Å². The van der Waals surface area contributed by atoms with Crippen LogP contribution in [0.5, 0.6) is 0 Å². The van der Waals surface area contributed by atoms with Gasteiger partial charge in [-0.1, -0.05) is 176 Å². The van der Waals surface area contributed by atoms with Gasteiger partial charge >= 0.3 is 0 Å². The Hall–Kier alpha value is -8.54. The van der Waals surface area contributed by atoms with Gasteiger partial charge < -0.3 is 9.47 Å². The zero-order valence-corrected chi connectivity index (χ0v) is 40.1. The molecule has 0 amide bonds. The molecule has 0 atom stereocenters. The maximum atomic E-state index is 2.49. The van der Waals surface area contributed by atoms with Crippen molar-refractivity contribution in [1.29, 1.82) is 0 Å². The highest BCUT2D eigenvalue weighted by molar-refractivity contribution is 7.26. The average Bonchev–Trinajstić information content (AvgIpc) is 4.18. The number of para-hydroxylation sites is 2. The van der Waals surface area contributed by atoms with Crippen LogP contribution in [0.15, 0.2) is 255 Å². The van der Waals surface area contributed by atoms with E-state index in [0.29, 0.717) is 0 Å². The van der Waals surface area contributed by atoms with E-state index in [9.17, 15) is 0 Å². The monoisotopic (exact) mass is 938 g/mol. The third-order valence-electron chi connectivity index (χ3n) is 15.0. The zero-order valence-electron chi connectivity index (χ0n) is 38.5.